The number of amides is 1. The summed E-state index contributed by atoms with van der Waals surface area (Å²) in [7, 11) is 0. The van der Waals surface area contributed by atoms with Crippen molar-refractivity contribution in [1.29, 1.82) is 0 Å². The van der Waals surface area contributed by atoms with Gasteiger partial charge in [0.05, 0.1) is 6.54 Å². The van der Waals surface area contributed by atoms with Crippen molar-refractivity contribution < 1.29 is 9.21 Å². The molecule has 0 spiro atoms. The molecule has 0 aliphatic rings. The molecule has 96 valence electrons. The molecule has 0 bridgehead atoms. The maximum Gasteiger partial charge on any atom is 0.287 e. The van der Waals surface area contributed by atoms with Gasteiger partial charge >= 0.3 is 0 Å². The molecule has 17 heavy (non-hydrogen) atoms. The highest BCUT2D eigenvalue weighted by atomic mass is 32.2. The van der Waals surface area contributed by atoms with E-state index in [1.807, 2.05) is 18.7 Å². The van der Waals surface area contributed by atoms with E-state index < -0.39 is 0 Å². The van der Waals surface area contributed by atoms with Crippen LogP contribution in [0.2, 0.25) is 0 Å². The second-order valence-corrected chi connectivity index (χ2v) is 5.22. The first-order valence-corrected chi connectivity index (χ1v) is 7.00. The van der Waals surface area contributed by atoms with Crippen molar-refractivity contribution in [2.45, 2.75) is 32.9 Å². The summed E-state index contributed by atoms with van der Waals surface area (Å²) in [4.78, 5) is 11.8. The van der Waals surface area contributed by atoms with Gasteiger partial charge in [0.2, 0.25) is 0 Å². The smallest absolute Gasteiger partial charge is 0.287 e. The maximum atomic E-state index is 11.8. The summed E-state index contributed by atoms with van der Waals surface area (Å²) in [5, 5.41) is 2.91. The molecule has 1 amide bonds. The lowest BCUT2D eigenvalue weighted by Crippen LogP contribution is -2.32. The van der Waals surface area contributed by atoms with E-state index in [0.717, 1.165) is 17.9 Å². The Balaban J connectivity index is 2.37. The molecule has 1 aromatic rings. The Morgan fingerprint density at radius 1 is 1.59 bits per heavy atom. The van der Waals surface area contributed by atoms with Crippen molar-refractivity contribution in [2.75, 3.05) is 11.5 Å². The lowest BCUT2D eigenvalue weighted by Gasteiger charge is -2.12. The Kier molecular flexibility index (Phi) is 6.15. The van der Waals surface area contributed by atoms with Gasteiger partial charge in [0, 0.05) is 6.04 Å². The average molecular weight is 256 g/mol. The summed E-state index contributed by atoms with van der Waals surface area (Å²) in [6.45, 7) is 4.45. The van der Waals surface area contributed by atoms with Crippen LogP contribution in [0.15, 0.2) is 16.5 Å². The predicted molar refractivity (Wildman–Crippen MR) is 71.1 cm³/mol. The highest BCUT2D eigenvalue weighted by Crippen LogP contribution is 2.08. The molecule has 4 nitrogen and oxygen atoms in total. The van der Waals surface area contributed by atoms with E-state index >= 15 is 0 Å². The fourth-order valence-corrected chi connectivity index (χ4v) is 2.19. The Morgan fingerprint density at radius 2 is 2.35 bits per heavy atom. The molecule has 1 aromatic heterocycles. The van der Waals surface area contributed by atoms with Gasteiger partial charge < -0.3 is 15.5 Å². The van der Waals surface area contributed by atoms with E-state index in [4.69, 9.17) is 10.2 Å². The first kappa shape index (κ1) is 14.1. The Morgan fingerprint density at radius 3 is 2.94 bits per heavy atom. The zero-order valence-corrected chi connectivity index (χ0v) is 11.2. The normalized spacial score (nSPS) is 12.4. The van der Waals surface area contributed by atoms with E-state index in [-0.39, 0.29) is 11.9 Å². The Bertz CT molecular complexity index is 352. The first-order chi connectivity index (χ1) is 8.17. The first-order valence-electron chi connectivity index (χ1n) is 5.84. The van der Waals surface area contributed by atoms with E-state index in [0.29, 0.717) is 18.1 Å². The monoisotopic (exact) mass is 256 g/mol. The summed E-state index contributed by atoms with van der Waals surface area (Å²) in [6, 6.07) is 3.55. The minimum absolute atomic E-state index is 0.160. The standard InChI is InChI=1S/C12H20N2O2S/c1-3-17-7-6-9(2)14-12(15)11-5-4-10(8-13)16-11/h4-5,9H,3,6-8,13H2,1-2H3,(H,14,15). The molecule has 1 rings (SSSR count). The van der Waals surface area contributed by atoms with Crippen molar-refractivity contribution in [1.82, 2.24) is 5.32 Å². The Labute approximate surface area is 106 Å². The number of rotatable bonds is 7. The number of hydrogen-bond acceptors (Lipinski definition) is 4. The van der Waals surface area contributed by atoms with Crippen molar-refractivity contribution in [3.8, 4) is 0 Å². The molecule has 1 heterocycles. The van der Waals surface area contributed by atoms with E-state index in [9.17, 15) is 4.79 Å². The SMILES string of the molecule is CCSCCC(C)NC(=O)c1ccc(CN)o1. The van der Waals surface area contributed by atoms with Crippen molar-refractivity contribution in [3.05, 3.63) is 23.7 Å². The van der Waals surface area contributed by atoms with Crippen molar-refractivity contribution >= 4 is 17.7 Å². The van der Waals surface area contributed by atoms with E-state index in [2.05, 4.69) is 12.2 Å². The van der Waals surface area contributed by atoms with Crippen LogP contribution in [0.3, 0.4) is 0 Å². The number of carbonyl (C=O) groups is 1. The topological polar surface area (TPSA) is 68.3 Å². The summed E-state index contributed by atoms with van der Waals surface area (Å²) < 4.78 is 5.28. The zero-order valence-electron chi connectivity index (χ0n) is 10.4. The van der Waals surface area contributed by atoms with E-state index in [1.165, 1.54) is 0 Å². The molecule has 0 aromatic carbocycles. The van der Waals surface area contributed by atoms with Crippen LogP contribution in [-0.4, -0.2) is 23.5 Å². The third-order valence-electron chi connectivity index (χ3n) is 2.36. The molecule has 0 radical (unpaired) electrons. The number of nitrogens with one attached hydrogen (secondary N) is 1. The molecule has 0 saturated carbocycles. The van der Waals surface area contributed by atoms with Gasteiger partial charge in [0.25, 0.3) is 5.91 Å². The Hall–Kier alpha value is -0.940. The lowest BCUT2D eigenvalue weighted by atomic mass is 10.2. The van der Waals surface area contributed by atoms with Crippen LogP contribution in [0.25, 0.3) is 0 Å². The van der Waals surface area contributed by atoms with Crippen LogP contribution in [0, 0.1) is 0 Å². The van der Waals surface area contributed by atoms with Gasteiger partial charge in [-0.2, -0.15) is 11.8 Å². The lowest BCUT2D eigenvalue weighted by molar-refractivity contribution is 0.0910. The minimum Gasteiger partial charge on any atom is -0.455 e. The highest BCUT2D eigenvalue weighted by molar-refractivity contribution is 7.99. The van der Waals surface area contributed by atoms with Gasteiger partial charge in [-0.05, 0) is 37.0 Å². The van der Waals surface area contributed by atoms with Crippen LogP contribution in [0.4, 0.5) is 0 Å². The van der Waals surface area contributed by atoms with Crippen LogP contribution >= 0.6 is 11.8 Å². The number of thioether (sulfide) groups is 1. The number of furan rings is 1. The summed E-state index contributed by atoms with van der Waals surface area (Å²) in [5.74, 6) is 2.96. The molecule has 5 heteroatoms. The second kappa shape index (κ2) is 7.40. The molecule has 0 saturated heterocycles. The summed E-state index contributed by atoms with van der Waals surface area (Å²) in [6.07, 6.45) is 0.967. The van der Waals surface area contributed by atoms with Crippen LogP contribution in [-0.2, 0) is 6.54 Å². The van der Waals surface area contributed by atoms with Gasteiger partial charge in [-0.25, -0.2) is 0 Å². The molecule has 3 N–H and O–H groups in total. The summed E-state index contributed by atoms with van der Waals surface area (Å²) >= 11 is 1.88. The summed E-state index contributed by atoms with van der Waals surface area (Å²) in [5.41, 5.74) is 5.42. The van der Waals surface area contributed by atoms with E-state index in [1.54, 1.807) is 12.1 Å². The number of nitrogens with two attached hydrogens (primary N) is 1. The molecule has 0 fully saturated rings. The van der Waals surface area contributed by atoms with Crippen LogP contribution in [0.5, 0.6) is 0 Å². The fraction of sp³-hybridized carbons (Fsp3) is 0.583. The molecule has 0 aliphatic carbocycles. The molecule has 1 unspecified atom stereocenters. The van der Waals surface area contributed by atoms with Crippen molar-refractivity contribution in [2.24, 2.45) is 5.73 Å². The van der Waals surface area contributed by atoms with Gasteiger partial charge in [0.1, 0.15) is 5.76 Å². The quantitative estimate of drug-likeness (QED) is 0.732. The second-order valence-electron chi connectivity index (χ2n) is 3.83. The number of carbonyl (C=O) groups excluding carboxylic acids is 1. The minimum atomic E-state index is -0.168. The van der Waals surface area contributed by atoms with Gasteiger partial charge in [-0.15, -0.1) is 0 Å². The maximum absolute atomic E-state index is 11.8. The molecule has 0 aliphatic heterocycles. The molecular formula is C12H20N2O2S. The van der Waals surface area contributed by atoms with Crippen LogP contribution in [0.1, 0.15) is 36.6 Å². The van der Waals surface area contributed by atoms with Crippen molar-refractivity contribution in [3.63, 3.8) is 0 Å². The van der Waals surface area contributed by atoms with Gasteiger partial charge in [-0.3, -0.25) is 4.79 Å². The van der Waals surface area contributed by atoms with Gasteiger partial charge in [0.15, 0.2) is 5.76 Å². The third kappa shape index (κ3) is 4.83. The third-order valence-corrected chi connectivity index (χ3v) is 3.30. The molecule has 1 atom stereocenters. The van der Waals surface area contributed by atoms with Crippen LogP contribution < -0.4 is 11.1 Å². The average Bonchev–Trinajstić information content (AvgIpc) is 2.78. The largest absolute Gasteiger partial charge is 0.455 e. The predicted octanol–water partition coefficient (Wildman–Crippen LogP) is 2.00. The molecular weight excluding hydrogens is 236 g/mol. The fourth-order valence-electron chi connectivity index (χ4n) is 1.38. The number of hydrogen-bond donors (Lipinski definition) is 2. The highest BCUT2D eigenvalue weighted by Gasteiger charge is 2.13. The van der Waals surface area contributed by atoms with Gasteiger partial charge in [-0.1, -0.05) is 6.92 Å². The zero-order chi connectivity index (χ0) is 12.7.